The lowest BCUT2D eigenvalue weighted by Crippen LogP contribution is -2.59. The monoisotopic (exact) mass is 417 g/mol. The smallest absolute Gasteiger partial charge is 0.308 e. The van der Waals surface area contributed by atoms with Gasteiger partial charge < -0.3 is 29.4 Å². The number of methoxy groups -OCH3 is 2. The Kier molecular flexibility index (Phi) is 5.23. The number of hydrogen-bond donors (Lipinski definition) is 2. The minimum Gasteiger partial charge on any atom is -0.498 e. The Balaban J connectivity index is 2.01. The molecule has 4 rings (SSSR count). The number of hydrogen-bond acceptors (Lipinski definition) is 8. The van der Waals surface area contributed by atoms with Crippen LogP contribution in [0.5, 0.6) is 11.5 Å². The van der Waals surface area contributed by atoms with Gasteiger partial charge in [0.2, 0.25) is 0 Å². The van der Waals surface area contributed by atoms with Crippen LogP contribution in [0.4, 0.5) is 0 Å². The van der Waals surface area contributed by atoms with Crippen LogP contribution in [-0.4, -0.2) is 56.1 Å². The number of fused-ring (bicyclic) bond motifs is 1. The van der Waals surface area contributed by atoms with E-state index in [0.717, 1.165) is 23.2 Å². The van der Waals surface area contributed by atoms with E-state index in [1.807, 2.05) is 6.07 Å². The molecule has 1 fully saturated rings. The number of aliphatic hydroxyl groups excluding tert-OH is 1. The van der Waals surface area contributed by atoms with Crippen LogP contribution in [0.25, 0.3) is 0 Å². The molecule has 30 heavy (non-hydrogen) atoms. The lowest BCUT2D eigenvalue weighted by atomic mass is 9.55. The zero-order chi connectivity index (χ0) is 21.6. The quantitative estimate of drug-likeness (QED) is 0.559. The first-order chi connectivity index (χ1) is 14.3. The number of piperidine rings is 1. The zero-order valence-electron chi connectivity index (χ0n) is 17.6. The Bertz CT molecular complexity index is 924. The number of ether oxygens (including phenoxy) is 4. The third kappa shape index (κ3) is 3.06. The fourth-order valence-corrected chi connectivity index (χ4v) is 5.44. The fraction of sp³-hybridized carbons (Fsp3) is 0.545. The normalized spacial score (nSPS) is 29.4. The molecule has 4 atom stereocenters. The molecule has 2 bridgehead atoms. The van der Waals surface area contributed by atoms with Crippen LogP contribution in [0.1, 0.15) is 37.8 Å². The van der Waals surface area contributed by atoms with E-state index in [2.05, 4.69) is 5.32 Å². The molecular formula is C22H27NO7. The standard InChI is InChI=1S/C22H27NO7/c1-11(24)29-16-10-22-7-8-23-14(18(22)21(28-4)19(16)26)9-13-5-6-15(27-3)20(17(13)22)30-12(2)25/h5-6,14,16,19,23,26H,7-10H2,1-4H3/t14-,16-,19-,22-/m0/s1. The van der Waals surface area contributed by atoms with E-state index in [-0.39, 0.29) is 6.04 Å². The maximum absolute atomic E-state index is 11.9. The molecule has 0 saturated carbocycles. The fourth-order valence-electron chi connectivity index (χ4n) is 5.44. The van der Waals surface area contributed by atoms with Crippen molar-refractivity contribution in [3.05, 3.63) is 34.6 Å². The number of carbonyl (C=O) groups excluding carboxylic acids is 2. The van der Waals surface area contributed by atoms with Crippen molar-refractivity contribution in [2.75, 3.05) is 20.8 Å². The molecular weight excluding hydrogens is 390 g/mol. The molecule has 0 radical (unpaired) electrons. The molecule has 162 valence electrons. The Labute approximate surface area is 175 Å². The summed E-state index contributed by atoms with van der Waals surface area (Å²) in [5.74, 6) is 0.338. The van der Waals surface area contributed by atoms with Crippen molar-refractivity contribution in [2.45, 2.75) is 56.8 Å². The summed E-state index contributed by atoms with van der Waals surface area (Å²) in [6.07, 6.45) is -0.147. The number of carbonyl (C=O) groups is 2. The van der Waals surface area contributed by atoms with Crippen LogP contribution in [-0.2, 0) is 30.9 Å². The summed E-state index contributed by atoms with van der Waals surface area (Å²) in [5, 5.41) is 14.5. The molecule has 0 amide bonds. The van der Waals surface area contributed by atoms with Gasteiger partial charge in [-0.3, -0.25) is 9.59 Å². The van der Waals surface area contributed by atoms with Gasteiger partial charge in [0.1, 0.15) is 18.0 Å². The molecule has 1 aromatic rings. The van der Waals surface area contributed by atoms with E-state index in [4.69, 9.17) is 18.9 Å². The Morgan fingerprint density at radius 2 is 1.93 bits per heavy atom. The SMILES string of the molecule is COC1=C2[C@@H]3Cc4ccc(OC)c(OC(C)=O)c4[C@]2(CCN3)C[C@H](OC(C)=O)[C@@H]1O. The van der Waals surface area contributed by atoms with Gasteiger partial charge in [0.05, 0.1) is 14.2 Å². The summed E-state index contributed by atoms with van der Waals surface area (Å²) in [4.78, 5) is 23.7. The average molecular weight is 417 g/mol. The van der Waals surface area contributed by atoms with Crippen molar-refractivity contribution >= 4 is 11.9 Å². The van der Waals surface area contributed by atoms with E-state index >= 15 is 0 Å². The molecule has 0 unspecified atom stereocenters. The van der Waals surface area contributed by atoms with Crippen LogP contribution >= 0.6 is 0 Å². The van der Waals surface area contributed by atoms with Crippen LogP contribution in [0, 0.1) is 0 Å². The molecule has 1 aliphatic heterocycles. The largest absolute Gasteiger partial charge is 0.498 e. The molecule has 0 aromatic heterocycles. The van der Waals surface area contributed by atoms with E-state index in [0.29, 0.717) is 36.5 Å². The predicted molar refractivity (Wildman–Crippen MR) is 106 cm³/mol. The second kappa shape index (κ2) is 7.59. The van der Waals surface area contributed by atoms with Gasteiger partial charge in [-0.25, -0.2) is 0 Å². The number of benzene rings is 1. The van der Waals surface area contributed by atoms with E-state index in [1.54, 1.807) is 6.07 Å². The second-order valence-corrected chi connectivity index (χ2v) is 8.05. The number of esters is 2. The highest BCUT2D eigenvalue weighted by molar-refractivity contribution is 5.73. The second-order valence-electron chi connectivity index (χ2n) is 8.05. The van der Waals surface area contributed by atoms with Crippen molar-refractivity contribution in [3.63, 3.8) is 0 Å². The van der Waals surface area contributed by atoms with Crippen molar-refractivity contribution in [1.82, 2.24) is 5.32 Å². The van der Waals surface area contributed by atoms with Crippen LogP contribution in [0.15, 0.2) is 23.5 Å². The molecule has 2 aliphatic carbocycles. The van der Waals surface area contributed by atoms with Crippen LogP contribution < -0.4 is 14.8 Å². The zero-order valence-corrected chi connectivity index (χ0v) is 17.6. The third-order valence-corrected chi connectivity index (χ3v) is 6.36. The van der Waals surface area contributed by atoms with Gasteiger partial charge in [0, 0.05) is 37.3 Å². The lowest BCUT2D eigenvalue weighted by Gasteiger charge is -2.54. The Morgan fingerprint density at radius 1 is 1.17 bits per heavy atom. The first-order valence-electron chi connectivity index (χ1n) is 10.1. The van der Waals surface area contributed by atoms with E-state index in [1.165, 1.54) is 28.1 Å². The van der Waals surface area contributed by atoms with Crippen LogP contribution in [0.3, 0.4) is 0 Å². The summed E-state index contributed by atoms with van der Waals surface area (Å²) in [5.41, 5.74) is 2.19. The predicted octanol–water partition coefficient (Wildman–Crippen LogP) is 1.37. The summed E-state index contributed by atoms with van der Waals surface area (Å²) in [6, 6.07) is 3.75. The highest BCUT2D eigenvalue weighted by Gasteiger charge is 2.57. The van der Waals surface area contributed by atoms with Crippen molar-refractivity contribution in [1.29, 1.82) is 0 Å². The number of aliphatic hydroxyl groups is 1. The van der Waals surface area contributed by atoms with Gasteiger partial charge in [0.25, 0.3) is 0 Å². The summed E-state index contributed by atoms with van der Waals surface area (Å²) < 4.78 is 22.3. The van der Waals surface area contributed by atoms with Gasteiger partial charge in [0.15, 0.2) is 11.5 Å². The van der Waals surface area contributed by atoms with Crippen molar-refractivity contribution in [3.8, 4) is 11.5 Å². The maximum Gasteiger partial charge on any atom is 0.308 e. The van der Waals surface area contributed by atoms with Gasteiger partial charge in [-0.05, 0) is 36.6 Å². The third-order valence-electron chi connectivity index (χ3n) is 6.36. The van der Waals surface area contributed by atoms with E-state index < -0.39 is 29.6 Å². The average Bonchev–Trinajstić information content (AvgIpc) is 2.67. The Hall–Kier alpha value is -2.58. The maximum atomic E-state index is 11.9. The molecule has 3 aliphatic rings. The van der Waals surface area contributed by atoms with Gasteiger partial charge in [-0.15, -0.1) is 0 Å². The van der Waals surface area contributed by atoms with Crippen molar-refractivity contribution < 1.29 is 33.6 Å². The van der Waals surface area contributed by atoms with Crippen LogP contribution in [0.2, 0.25) is 0 Å². The highest BCUT2D eigenvalue weighted by Crippen LogP contribution is 2.58. The molecule has 1 heterocycles. The van der Waals surface area contributed by atoms with Gasteiger partial charge in [-0.1, -0.05) is 6.07 Å². The first-order valence-corrected chi connectivity index (χ1v) is 10.1. The number of nitrogens with one attached hydrogen (secondary N) is 1. The summed E-state index contributed by atoms with van der Waals surface area (Å²) in [6.45, 7) is 3.40. The molecule has 1 aromatic carbocycles. The van der Waals surface area contributed by atoms with E-state index in [9.17, 15) is 14.7 Å². The molecule has 8 nitrogen and oxygen atoms in total. The van der Waals surface area contributed by atoms with Gasteiger partial charge >= 0.3 is 11.9 Å². The molecule has 1 saturated heterocycles. The minimum atomic E-state index is -1.06. The van der Waals surface area contributed by atoms with Gasteiger partial charge in [-0.2, -0.15) is 0 Å². The highest BCUT2D eigenvalue weighted by atomic mass is 16.6. The minimum absolute atomic E-state index is 0.0345. The topological polar surface area (TPSA) is 103 Å². The van der Waals surface area contributed by atoms with Crippen molar-refractivity contribution in [2.24, 2.45) is 0 Å². The Morgan fingerprint density at radius 3 is 2.57 bits per heavy atom. The first kappa shape index (κ1) is 20.7. The lowest BCUT2D eigenvalue weighted by molar-refractivity contribution is -0.155. The number of rotatable bonds is 4. The molecule has 2 N–H and O–H groups in total. The summed E-state index contributed by atoms with van der Waals surface area (Å²) in [7, 11) is 3.04. The molecule has 8 heteroatoms. The summed E-state index contributed by atoms with van der Waals surface area (Å²) >= 11 is 0. The molecule has 0 spiro atoms.